The van der Waals surface area contributed by atoms with Crippen molar-refractivity contribution in [1.82, 2.24) is 9.21 Å². The van der Waals surface area contributed by atoms with Crippen LogP contribution in [-0.4, -0.2) is 43.5 Å². The summed E-state index contributed by atoms with van der Waals surface area (Å²) in [5.74, 6) is -0.898. The molecule has 2 heterocycles. The number of hydrogen-bond acceptors (Lipinski definition) is 5. The molecule has 0 spiro atoms. The summed E-state index contributed by atoms with van der Waals surface area (Å²) in [5.41, 5.74) is 1.40. The molecule has 8 heteroatoms. The first kappa shape index (κ1) is 16.8. The number of benzene rings is 1. The quantitative estimate of drug-likeness (QED) is 0.779. The molecule has 2 aromatic rings. The molecule has 126 valence electrons. The smallest absolute Gasteiger partial charge is 0.261 e. The standard InChI is InChI=1S/C16H16N2O4S2/c1-10-6-7-23-14(10)9-17(2)24(21,22)11-4-5-12-13(8-11)16(20)18(3)15(12)19/h4-8H,9H2,1-3H3. The van der Waals surface area contributed by atoms with E-state index in [2.05, 4.69) is 0 Å². The summed E-state index contributed by atoms with van der Waals surface area (Å²) in [4.78, 5) is 25.9. The molecule has 0 N–H and O–H groups in total. The van der Waals surface area contributed by atoms with Gasteiger partial charge in [0.2, 0.25) is 10.0 Å². The second kappa shape index (κ2) is 5.80. The van der Waals surface area contributed by atoms with Gasteiger partial charge in [-0.05, 0) is 42.1 Å². The summed E-state index contributed by atoms with van der Waals surface area (Å²) in [6.45, 7) is 2.19. The molecule has 0 unspecified atom stereocenters. The van der Waals surface area contributed by atoms with Crippen LogP contribution in [0.5, 0.6) is 0 Å². The van der Waals surface area contributed by atoms with Crippen molar-refractivity contribution < 1.29 is 18.0 Å². The second-order valence-corrected chi connectivity index (χ2v) is 8.71. The Morgan fingerprint density at radius 1 is 1.12 bits per heavy atom. The van der Waals surface area contributed by atoms with Gasteiger partial charge in [0.25, 0.3) is 11.8 Å². The second-order valence-electron chi connectivity index (χ2n) is 5.66. The van der Waals surface area contributed by atoms with Crippen LogP contribution in [0.2, 0.25) is 0 Å². The van der Waals surface area contributed by atoms with E-state index in [0.29, 0.717) is 0 Å². The highest BCUT2D eigenvalue weighted by Crippen LogP contribution is 2.27. The minimum absolute atomic E-state index is 0.00871. The van der Waals surface area contributed by atoms with E-state index in [1.165, 1.54) is 47.9 Å². The predicted octanol–water partition coefficient (Wildman–Crippen LogP) is 2.10. The van der Waals surface area contributed by atoms with Gasteiger partial charge >= 0.3 is 0 Å². The van der Waals surface area contributed by atoms with Crippen molar-refractivity contribution in [1.29, 1.82) is 0 Å². The van der Waals surface area contributed by atoms with Crippen LogP contribution in [0, 0.1) is 6.92 Å². The number of fused-ring (bicyclic) bond motifs is 1. The van der Waals surface area contributed by atoms with Crippen molar-refractivity contribution in [3.8, 4) is 0 Å². The number of sulfonamides is 1. The van der Waals surface area contributed by atoms with E-state index >= 15 is 0 Å². The van der Waals surface area contributed by atoms with Gasteiger partial charge in [-0.2, -0.15) is 4.31 Å². The Morgan fingerprint density at radius 3 is 2.42 bits per heavy atom. The predicted molar refractivity (Wildman–Crippen MR) is 90.6 cm³/mol. The minimum Gasteiger partial charge on any atom is -0.277 e. The summed E-state index contributed by atoms with van der Waals surface area (Å²) in [6.07, 6.45) is 0. The Kier molecular flexibility index (Phi) is 4.06. The highest BCUT2D eigenvalue weighted by atomic mass is 32.2. The van der Waals surface area contributed by atoms with Gasteiger partial charge in [0.15, 0.2) is 0 Å². The third-order valence-electron chi connectivity index (χ3n) is 4.10. The van der Waals surface area contributed by atoms with Gasteiger partial charge in [-0.3, -0.25) is 14.5 Å². The summed E-state index contributed by atoms with van der Waals surface area (Å²) in [6, 6.07) is 5.99. The topological polar surface area (TPSA) is 74.8 Å². The van der Waals surface area contributed by atoms with Gasteiger partial charge in [0.05, 0.1) is 16.0 Å². The van der Waals surface area contributed by atoms with Crippen LogP contribution in [0.15, 0.2) is 34.5 Å². The van der Waals surface area contributed by atoms with Gasteiger partial charge < -0.3 is 0 Å². The van der Waals surface area contributed by atoms with Gasteiger partial charge in [-0.15, -0.1) is 11.3 Å². The molecule has 6 nitrogen and oxygen atoms in total. The van der Waals surface area contributed by atoms with E-state index in [-0.39, 0.29) is 22.6 Å². The van der Waals surface area contributed by atoms with Crippen LogP contribution >= 0.6 is 11.3 Å². The highest BCUT2D eigenvalue weighted by molar-refractivity contribution is 7.89. The van der Waals surface area contributed by atoms with E-state index in [4.69, 9.17) is 0 Å². The molecule has 3 rings (SSSR count). The lowest BCUT2D eigenvalue weighted by Gasteiger charge is -2.17. The van der Waals surface area contributed by atoms with Gasteiger partial charge in [-0.1, -0.05) is 0 Å². The molecule has 0 atom stereocenters. The zero-order valence-electron chi connectivity index (χ0n) is 13.4. The summed E-state index contributed by atoms with van der Waals surface area (Å²) in [7, 11) is -0.874. The summed E-state index contributed by atoms with van der Waals surface area (Å²) >= 11 is 1.50. The largest absolute Gasteiger partial charge is 0.277 e. The maximum atomic E-state index is 12.8. The number of carbonyl (C=O) groups excluding carboxylic acids is 2. The third-order valence-corrected chi connectivity index (χ3v) is 6.91. The molecule has 1 aromatic heterocycles. The van der Waals surface area contributed by atoms with Crippen molar-refractivity contribution in [2.24, 2.45) is 0 Å². The number of carbonyl (C=O) groups is 2. The van der Waals surface area contributed by atoms with E-state index in [1.54, 1.807) is 0 Å². The van der Waals surface area contributed by atoms with E-state index in [9.17, 15) is 18.0 Å². The molecule has 0 fully saturated rings. The third kappa shape index (κ3) is 2.56. The van der Waals surface area contributed by atoms with Crippen LogP contribution in [0.25, 0.3) is 0 Å². The number of imide groups is 1. The highest BCUT2D eigenvalue weighted by Gasteiger charge is 2.34. The average Bonchev–Trinajstić information content (AvgIpc) is 3.05. The number of nitrogens with zero attached hydrogens (tertiary/aromatic N) is 2. The lowest BCUT2D eigenvalue weighted by Crippen LogP contribution is -2.26. The molecule has 0 saturated heterocycles. The molecular weight excluding hydrogens is 348 g/mol. The molecular formula is C16H16N2O4S2. The molecule has 1 aromatic carbocycles. The van der Waals surface area contributed by atoms with Crippen LogP contribution in [0.4, 0.5) is 0 Å². The van der Waals surface area contributed by atoms with Crippen molar-refractivity contribution in [3.05, 3.63) is 51.2 Å². The number of hydrogen-bond donors (Lipinski definition) is 0. The molecule has 0 radical (unpaired) electrons. The number of thiophene rings is 1. The molecule has 1 aliphatic rings. The number of rotatable bonds is 4. The van der Waals surface area contributed by atoms with Gasteiger partial charge in [0, 0.05) is 25.5 Å². The zero-order chi connectivity index (χ0) is 17.6. The Labute approximate surface area is 144 Å². The Morgan fingerprint density at radius 2 is 1.79 bits per heavy atom. The Bertz CT molecular complexity index is 947. The molecule has 0 saturated carbocycles. The maximum Gasteiger partial charge on any atom is 0.261 e. The average molecular weight is 364 g/mol. The van der Waals surface area contributed by atoms with Crippen LogP contribution in [-0.2, 0) is 16.6 Å². The van der Waals surface area contributed by atoms with E-state index in [0.717, 1.165) is 15.3 Å². The number of aryl methyl sites for hydroxylation is 1. The van der Waals surface area contributed by atoms with Crippen LogP contribution < -0.4 is 0 Å². The van der Waals surface area contributed by atoms with E-state index < -0.39 is 21.8 Å². The number of amides is 2. The first-order valence-corrected chi connectivity index (χ1v) is 9.51. The molecule has 0 bridgehead atoms. The van der Waals surface area contributed by atoms with Crippen molar-refractivity contribution in [2.75, 3.05) is 14.1 Å². The van der Waals surface area contributed by atoms with Crippen molar-refractivity contribution in [2.45, 2.75) is 18.4 Å². The Hall–Kier alpha value is -2.03. The lowest BCUT2D eigenvalue weighted by atomic mass is 10.1. The van der Waals surface area contributed by atoms with Crippen LogP contribution in [0.1, 0.15) is 31.2 Å². The fourth-order valence-corrected chi connectivity index (χ4v) is 4.74. The monoisotopic (exact) mass is 364 g/mol. The maximum absolute atomic E-state index is 12.8. The van der Waals surface area contributed by atoms with Gasteiger partial charge in [-0.25, -0.2) is 8.42 Å². The normalized spacial score (nSPS) is 14.6. The molecule has 2 amide bonds. The Balaban J connectivity index is 1.95. The van der Waals surface area contributed by atoms with Gasteiger partial charge in [0.1, 0.15) is 0 Å². The van der Waals surface area contributed by atoms with Crippen molar-refractivity contribution in [3.63, 3.8) is 0 Å². The SMILES string of the molecule is Cc1ccsc1CN(C)S(=O)(=O)c1ccc2c(c1)C(=O)N(C)C2=O. The first-order chi connectivity index (χ1) is 11.2. The fraction of sp³-hybridized carbons (Fsp3) is 0.250. The molecule has 0 aliphatic carbocycles. The van der Waals surface area contributed by atoms with Crippen LogP contribution in [0.3, 0.4) is 0 Å². The minimum atomic E-state index is -3.75. The summed E-state index contributed by atoms with van der Waals surface area (Å²) in [5, 5.41) is 1.92. The first-order valence-electron chi connectivity index (χ1n) is 7.19. The van der Waals surface area contributed by atoms with E-state index in [1.807, 2.05) is 18.4 Å². The molecule has 24 heavy (non-hydrogen) atoms. The zero-order valence-corrected chi connectivity index (χ0v) is 15.1. The molecule has 1 aliphatic heterocycles. The fourth-order valence-electron chi connectivity index (χ4n) is 2.53. The van der Waals surface area contributed by atoms with Crippen molar-refractivity contribution >= 4 is 33.2 Å². The summed E-state index contributed by atoms with van der Waals surface area (Å²) < 4.78 is 26.8. The lowest BCUT2D eigenvalue weighted by molar-refractivity contribution is 0.0693.